The Kier molecular flexibility index (Phi) is 4.54. The molecule has 0 radical (unpaired) electrons. The lowest BCUT2D eigenvalue weighted by molar-refractivity contribution is 1.14. The third kappa shape index (κ3) is 2.98. The number of aryl methyl sites for hydroxylation is 2. The second-order valence-corrected chi connectivity index (χ2v) is 9.90. The van der Waals surface area contributed by atoms with E-state index in [2.05, 4.69) is 83.8 Å². The summed E-state index contributed by atoms with van der Waals surface area (Å²) < 4.78 is 2.54. The summed E-state index contributed by atoms with van der Waals surface area (Å²) in [5, 5.41) is 0. The smallest absolute Gasteiger partial charge is 0.0246 e. The molecule has 0 amide bonds. The average molecular weight is 476 g/mol. The summed E-state index contributed by atoms with van der Waals surface area (Å²) in [6.07, 6.45) is 6.83. The molecule has 128 valence electrons. The maximum Gasteiger partial charge on any atom is 0.0246 e. The first-order chi connectivity index (χ1) is 11.8. The molecule has 0 saturated carbocycles. The van der Waals surface area contributed by atoms with Crippen molar-refractivity contribution in [2.24, 2.45) is 0 Å². The molecule has 0 bridgehead atoms. The van der Waals surface area contributed by atoms with Crippen molar-refractivity contribution in [3.8, 4) is 0 Å². The van der Waals surface area contributed by atoms with Gasteiger partial charge in [0.2, 0.25) is 0 Å². The average Bonchev–Trinajstić information content (AvgIpc) is 3.13. The van der Waals surface area contributed by atoms with E-state index in [4.69, 9.17) is 0 Å². The topological polar surface area (TPSA) is 0 Å². The van der Waals surface area contributed by atoms with Crippen LogP contribution in [0, 0.1) is 13.8 Å². The Balaban J connectivity index is 1.86. The van der Waals surface area contributed by atoms with Crippen molar-refractivity contribution >= 4 is 55.8 Å². The highest BCUT2D eigenvalue weighted by Gasteiger charge is 2.23. The van der Waals surface area contributed by atoms with Gasteiger partial charge in [-0.2, -0.15) is 0 Å². The summed E-state index contributed by atoms with van der Waals surface area (Å²) >= 11 is 9.51. The maximum atomic E-state index is 3.80. The predicted molar refractivity (Wildman–Crippen MR) is 117 cm³/mol. The molecule has 0 heterocycles. The van der Waals surface area contributed by atoms with Gasteiger partial charge in [0.1, 0.15) is 0 Å². The van der Waals surface area contributed by atoms with Crippen molar-refractivity contribution in [2.45, 2.75) is 50.3 Å². The van der Waals surface area contributed by atoms with Gasteiger partial charge in [-0.25, -0.2) is 0 Å². The molecule has 4 rings (SSSR count). The highest BCUT2D eigenvalue weighted by molar-refractivity contribution is 9.10. The molecule has 0 atom stereocenters. The van der Waals surface area contributed by atoms with Gasteiger partial charge < -0.3 is 0 Å². The van der Waals surface area contributed by atoms with Gasteiger partial charge in [0.15, 0.2) is 0 Å². The van der Waals surface area contributed by atoms with E-state index in [0.717, 1.165) is 12.8 Å². The van der Waals surface area contributed by atoms with Crippen LogP contribution < -0.4 is 0 Å². The van der Waals surface area contributed by atoms with Crippen LogP contribution >= 0.6 is 43.6 Å². The molecule has 0 nitrogen and oxygen atoms in total. The van der Waals surface area contributed by atoms with Gasteiger partial charge in [0.05, 0.1) is 0 Å². The van der Waals surface area contributed by atoms with E-state index in [-0.39, 0.29) is 0 Å². The van der Waals surface area contributed by atoms with Gasteiger partial charge >= 0.3 is 0 Å². The van der Waals surface area contributed by atoms with E-state index in [0.29, 0.717) is 0 Å². The van der Waals surface area contributed by atoms with Crippen LogP contribution in [0.3, 0.4) is 0 Å². The second kappa shape index (κ2) is 6.44. The first kappa shape index (κ1) is 17.6. The summed E-state index contributed by atoms with van der Waals surface area (Å²) in [6, 6.07) is 4.66. The number of rotatable bonds is 2. The molecule has 0 aliphatic heterocycles. The van der Waals surface area contributed by atoms with Crippen molar-refractivity contribution in [1.82, 2.24) is 0 Å². The maximum absolute atomic E-state index is 3.80. The van der Waals surface area contributed by atoms with Crippen molar-refractivity contribution in [3.05, 3.63) is 65.6 Å². The van der Waals surface area contributed by atoms with E-state index >= 15 is 0 Å². The first-order valence-corrected chi connectivity index (χ1v) is 10.9. The Hall–Kier alpha value is -0.770. The van der Waals surface area contributed by atoms with Crippen LogP contribution in [0.2, 0.25) is 0 Å². The van der Waals surface area contributed by atoms with Crippen molar-refractivity contribution in [1.29, 1.82) is 0 Å². The molecule has 0 unspecified atom stereocenters. The molecule has 0 aromatic heterocycles. The Bertz CT molecular complexity index is 901. The second-order valence-electron chi connectivity index (χ2n) is 7.23. The van der Waals surface area contributed by atoms with Gasteiger partial charge in [0.25, 0.3) is 0 Å². The van der Waals surface area contributed by atoms with Gasteiger partial charge in [-0.15, -0.1) is 0 Å². The van der Waals surface area contributed by atoms with Crippen LogP contribution in [-0.4, -0.2) is 0 Å². The van der Waals surface area contributed by atoms with Crippen LogP contribution in [0.1, 0.15) is 47.2 Å². The third-order valence-electron chi connectivity index (χ3n) is 5.01. The fraction of sp³-hybridized carbons (Fsp3) is 0.273. The van der Waals surface area contributed by atoms with Crippen LogP contribution in [0.15, 0.2) is 42.0 Å². The van der Waals surface area contributed by atoms with E-state index in [1.165, 1.54) is 63.3 Å². The lowest BCUT2D eigenvalue weighted by Crippen LogP contribution is -1.94. The van der Waals surface area contributed by atoms with E-state index in [1.807, 2.05) is 11.8 Å². The highest BCUT2D eigenvalue weighted by Crippen LogP contribution is 2.46. The lowest BCUT2D eigenvalue weighted by Gasteiger charge is -2.16. The predicted octanol–water partition coefficient (Wildman–Crippen LogP) is 7.90. The zero-order valence-corrected chi connectivity index (χ0v) is 18.9. The Morgan fingerprint density at radius 1 is 0.720 bits per heavy atom. The fourth-order valence-corrected chi connectivity index (χ4v) is 6.02. The van der Waals surface area contributed by atoms with Crippen molar-refractivity contribution < 1.29 is 0 Å². The van der Waals surface area contributed by atoms with Gasteiger partial charge in [-0.1, -0.05) is 66.9 Å². The number of benzene rings is 2. The van der Waals surface area contributed by atoms with Gasteiger partial charge in [-0.3, -0.25) is 0 Å². The molecule has 2 aliphatic carbocycles. The monoisotopic (exact) mass is 474 g/mol. The molecule has 0 fully saturated rings. The summed E-state index contributed by atoms with van der Waals surface area (Å²) in [5.41, 5.74) is 11.2. The lowest BCUT2D eigenvalue weighted by atomic mass is 10.1. The molecular weight excluding hydrogens is 456 g/mol. The van der Waals surface area contributed by atoms with Crippen LogP contribution in [0.4, 0.5) is 0 Å². The van der Waals surface area contributed by atoms with Crippen molar-refractivity contribution in [2.75, 3.05) is 0 Å². The molecule has 0 spiro atoms. The van der Waals surface area contributed by atoms with Gasteiger partial charge in [0, 0.05) is 18.7 Å². The SMILES string of the molecule is CC1=Cc2c(Sc3cc(C)c(Br)c4c3C=C(C)C4)cc(C)c(Br)c2C1. The molecule has 2 aliphatic rings. The molecule has 25 heavy (non-hydrogen) atoms. The van der Waals surface area contributed by atoms with Crippen LogP contribution in [-0.2, 0) is 12.8 Å². The highest BCUT2D eigenvalue weighted by atomic mass is 79.9. The normalized spacial score (nSPS) is 15.1. The summed E-state index contributed by atoms with van der Waals surface area (Å²) in [6.45, 7) is 8.85. The third-order valence-corrected chi connectivity index (χ3v) is 8.33. The quantitative estimate of drug-likeness (QED) is 0.425. The number of hydrogen-bond acceptors (Lipinski definition) is 1. The zero-order chi connectivity index (χ0) is 17.9. The summed E-state index contributed by atoms with van der Waals surface area (Å²) in [4.78, 5) is 2.74. The van der Waals surface area contributed by atoms with Crippen LogP contribution in [0.5, 0.6) is 0 Å². The van der Waals surface area contributed by atoms with E-state index < -0.39 is 0 Å². The number of allylic oxidation sites excluding steroid dienone is 2. The Morgan fingerprint density at radius 2 is 1.12 bits per heavy atom. The standard InChI is InChI=1S/C22H20Br2S/c1-11-5-15-17(7-11)21(23)13(3)9-19(15)25-20-10-14(4)22(24)18-8-12(2)6-16(18)20/h5-6,9-10H,7-8H2,1-4H3. The summed E-state index contributed by atoms with van der Waals surface area (Å²) in [5.74, 6) is 0. The fourth-order valence-electron chi connectivity index (χ4n) is 3.79. The van der Waals surface area contributed by atoms with Crippen molar-refractivity contribution in [3.63, 3.8) is 0 Å². The van der Waals surface area contributed by atoms with Crippen LogP contribution in [0.25, 0.3) is 12.2 Å². The largest absolute Gasteiger partial charge is 0.0888 e. The summed E-state index contributed by atoms with van der Waals surface area (Å²) in [7, 11) is 0. The minimum Gasteiger partial charge on any atom is -0.0888 e. The zero-order valence-electron chi connectivity index (χ0n) is 14.9. The molecular formula is C22H20Br2S. The molecule has 0 N–H and O–H groups in total. The molecule has 3 heteroatoms. The van der Waals surface area contributed by atoms with Gasteiger partial charge in [-0.05, 0) is 86.1 Å². The number of fused-ring (bicyclic) bond motifs is 2. The Morgan fingerprint density at radius 3 is 1.52 bits per heavy atom. The van der Waals surface area contributed by atoms with E-state index in [9.17, 15) is 0 Å². The minimum atomic E-state index is 1.06. The molecule has 2 aromatic carbocycles. The molecule has 2 aromatic rings. The minimum absolute atomic E-state index is 1.06. The number of hydrogen-bond donors (Lipinski definition) is 0. The Labute approximate surface area is 171 Å². The first-order valence-electron chi connectivity index (χ1n) is 8.51. The molecule has 0 saturated heterocycles. The van der Waals surface area contributed by atoms with E-state index in [1.54, 1.807) is 0 Å². The number of halogens is 2.